The molecule has 1 amide bonds. The number of piperidine rings is 1. The fraction of sp³-hybridized carbons (Fsp3) is 0.474. The van der Waals surface area contributed by atoms with Crippen LogP contribution in [0.2, 0.25) is 0 Å². The van der Waals surface area contributed by atoms with Gasteiger partial charge in [0.25, 0.3) is 11.6 Å². The largest absolute Gasteiger partial charge is 0.375 e. The van der Waals surface area contributed by atoms with E-state index in [1.54, 1.807) is 16.8 Å². The third kappa shape index (κ3) is 4.59. The summed E-state index contributed by atoms with van der Waals surface area (Å²) in [5.74, 6) is -0.315. The van der Waals surface area contributed by atoms with Crippen molar-refractivity contribution >= 4 is 23.0 Å². The summed E-state index contributed by atoms with van der Waals surface area (Å²) in [6, 6.07) is 4.61. The molecule has 28 heavy (non-hydrogen) atoms. The molecule has 0 spiro atoms. The molecule has 150 valence electrons. The number of benzene rings is 1. The number of hydrogen-bond acceptors (Lipinski definition) is 6. The molecule has 1 fully saturated rings. The van der Waals surface area contributed by atoms with Crippen molar-refractivity contribution in [3.8, 4) is 0 Å². The predicted octanol–water partition coefficient (Wildman–Crippen LogP) is 2.55. The summed E-state index contributed by atoms with van der Waals surface area (Å²) in [4.78, 5) is 25.5. The maximum atomic E-state index is 12.2. The Bertz CT molecular complexity index is 863. The van der Waals surface area contributed by atoms with Gasteiger partial charge in [-0.3, -0.25) is 19.6 Å². The first-order valence-corrected chi connectivity index (χ1v) is 9.43. The summed E-state index contributed by atoms with van der Waals surface area (Å²) in [7, 11) is 1.88. The quantitative estimate of drug-likeness (QED) is 0.584. The van der Waals surface area contributed by atoms with E-state index >= 15 is 0 Å². The first-order chi connectivity index (χ1) is 13.3. The number of anilines is 2. The number of carbonyl (C=O) groups excluding carboxylic acids is 1. The van der Waals surface area contributed by atoms with Crippen molar-refractivity contribution in [3.05, 3.63) is 46.3 Å². The van der Waals surface area contributed by atoms with E-state index < -0.39 is 4.92 Å². The van der Waals surface area contributed by atoms with Crippen LogP contribution in [0.15, 0.2) is 30.6 Å². The molecule has 9 heteroatoms. The average Bonchev–Trinajstić information content (AvgIpc) is 3.08. The Labute approximate surface area is 163 Å². The fourth-order valence-corrected chi connectivity index (χ4v) is 3.41. The molecule has 0 radical (unpaired) electrons. The van der Waals surface area contributed by atoms with Crippen LogP contribution in [0.3, 0.4) is 0 Å². The molecule has 1 saturated heterocycles. The molecule has 1 unspecified atom stereocenters. The zero-order chi connectivity index (χ0) is 20.3. The van der Waals surface area contributed by atoms with Crippen LogP contribution in [0, 0.1) is 10.1 Å². The Morgan fingerprint density at radius 2 is 2.18 bits per heavy atom. The van der Waals surface area contributed by atoms with Crippen molar-refractivity contribution < 1.29 is 9.72 Å². The molecule has 9 nitrogen and oxygen atoms in total. The van der Waals surface area contributed by atoms with E-state index in [1.807, 2.05) is 33.3 Å². The summed E-state index contributed by atoms with van der Waals surface area (Å²) in [5, 5.41) is 21.8. The summed E-state index contributed by atoms with van der Waals surface area (Å²) < 4.78 is 1.76. The highest BCUT2D eigenvalue weighted by atomic mass is 16.6. The molecular weight excluding hydrogens is 360 g/mol. The van der Waals surface area contributed by atoms with Crippen LogP contribution in [0.4, 0.5) is 17.1 Å². The van der Waals surface area contributed by atoms with Gasteiger partial charge in [-0.1, -0.05) is 0 Å². The van der Waals surface area contributed by atoms with Gasteiger partial charge in [-0.25, -0.2) is 0 Å². The highest BCUT2D eigenvalue weighted by molar-refractivity contribution is 5.95. The van der Waals surface area contributed by atoms with Crippen molar-refractivity contribution in [2.75, 3.05) is 23.3 Å². The minimum atomic E-state index is -0.448. The Kier molecular flexibility index (Phi) is 5.81. The van der Waals surface area contributed by atoms with Gasteiger partial charge in [0, 0.05) is 50.0 Å². The molecule has 2 aromatic rings. The Morgan fingerprint density at radius 1 is 1.39 bits per heavy atom. The maximum absolute atomic E-state index is 12.2. The highest BCUT2D eigenvalue weighted by Crippen LogP contribution is 2.28. The van der Waals surface area contributed by atoms with E-state index in [9.17, 15) is 14.9 Å². The third-order valence-electron chi connectivity index (χ3n) is 4.71. The Morgan fingerprint density at radius 3 is 2.82 bits per heavy atom. The second kappa shape index (κ2) is 8.28. The second-order valence-electron chi connectivity index (χ2n) is 7.42. The Balaban J connectivity index is 1.75. The molecule has 2 heterocycles. The van der Waals surface area contributed by atoms with E-state index in [2.05, 4.69) is 20.6 Å². The van der Waals surface area contributed by atoms with Crippen molar-refractivity contribution in [1.82, 2.24) is 15.1 Å². The van der Waals surface area contributed by atoms with Gasteiger partial charge in [-0.15, -0.1) is 0 Å². The lowest BCUT2D eigenvalue weighted by atomic mass is 10.0. The van der Waals surface area contributed by atoms with Crippen molar-refractivity contribution in [2.45, 2.75) is 38.8 Å². The summed E-state index contributed by atoms with van der Waals surface area (Å²) in [6.07, 6.45) is 5.69. The standard InChI is InChI=1S/C19H26N6O3/c1-13(2)21-19(26)14-6-7-17(18(9-14)25(27)28)22-15-5-4-8-24(11-15)16-10-20-23(3)12-16/h6-7,9-10,12-13,15,22H,4-5,8,11H2,1-3H3,(H,21,26). The van der Waals surface area contributed by atoms with Crippen LogP contribution in [-0.2, 0) is 7.05 Å². The number of aryl methyl sites for hydroxylation is 1. The lowest BCUT2D eigenvalue weighted by Crippen LogP contribution is -2.42. The number of carbonyl (C=O) groups is 1. The van der Waals surface area contributed by atoms with Crippen LogP contribution in [0.1, 0.15) is 37.0 Å². The normalized spacial score (nSPS) is 16.9. The van der Waals surface area contributed by atoms with E-state index in [-0.39, 0.29) is 29.2 Å². The minimum absolute atomic E-state index is 0.0370. The fourth-order valence-electron chi connectivity index (χ4n) is 3.41. The van der Waals surface area contributed by atoms with Crippen molar-refractivity contribution in [3.63, 3.8) is 0 Å². The summed E-state index contributed by atoms with van der Waals surface area (Å²) in [5.41, 5.74) is 1.68. The number of nitro benzene ring substituents is 1. The van der Waals surface area contributed by atoms with Gasteiger partial charge in [0.2, 0.25) is 0 Å². The maximum Gasteiger partial charge on any atom is 0.293 e. The highest BCUT2D eigenvalue weighted by Gasteiger charge is 2.24. The molecule has 2 N–H and O–H groups in total. The monoisotopic (exact) mass is 386 g/mol. The third-order valence-corrected chi connectivity index (χ3v) is 4.71. The number of hydrogen-bond donors (Lipinski definition) is 2. The first kappa shape index (κ1) is 19.7. The summed E-state index contributed by atoms with van der Waals surface area (Å²) in [6.45, 7) is 5.36. The van der Waals surface area contributed by atoms with Crippen LogP contribution >= 0.6 is 0 Å². The lowest BCUT2D eigenvalue weighted by Gasteiger charge is -2.34. The molecule has 0 saturated carbocycles. The smallest absolute Gasteiger partial charge is 0.293 e. The molecule has 3 rings (SSSR count). The minimum Gasteiger partial charge on any atom is -0.375 e. The topological polar surface area (TPSA) is 105 Å². The average molecular weight is 386 g/mol. The number of nitrogens with one attached hydrogen (secondary N) is 2. The second-order valence-corrected chi connectivity index (χ2v) is 7.42. The van der Waals surface area contributed by atoms with Crippen LogP contribution in [0.25, 0.3) is 0 Å². The molecule has 1 aromatic carbocycles. The van der Waals surface area contributed by atoms with Gasteiger partial charge in [-0.05, 0) is 38.8 Å². The number of amides is 1. The van der Waals surface area contributed by atoms with Crippen LogP contribution < -0.4 is 15.5 Å². The molecule has 0 bridgehead atoms. The van der Waals surface area contributed by atoms with Gasteiger partial charge >= 0.3 is 0 Å². The SMILES string of the molecule is CC(C)NC(=O)c1ccc(NC2CCCN(c3cnn(C)c3)C2)c([N+](=O)[O-])c1. The first-order valence-electron chi connectivity index (χ1n) is 9.43. The number of nitrogens with zero attached hydrogens (tertiary/aromatic N) is 4. The summed E-state index contributed by atoms with van der Waals surface area (Å²) >= 11 is 0. The van der Waals surface area contributed by atoms with E-state index in [0.29, 0.717) is 5.69 Å². The zero-order valence-electron chi connectivity index (χ0n) is 16.4. The molecule has 1 aromatic heterocycles. The lowest BCUT2D eigenvalue weighted by molar-refractivity contribution is -0.384. The van der Waals surface area contributed by atoms with E-state index in [1.165, 1.54) is 6.07 Å². The van der Waals surface area contributed by atoms with E-state index in [4.69, 9.17) is 0 Å². The van der Waals surface area contributed by atoms with Crippen LogP contribution in [0.5, 0.6) is 0 Å². The molecular formula is C19H26N6O3. The zero-order valence-corrected chi connectivity index (χ0v) is 16.4. The predicted molar refractivity (Wildman–Crippen MR) is 108 cm³/mol. The van der Waals surface area contributed by atoms with Gasteiger partial charge in [-0.2, -0.15) is 5.10 Å². The molecule has 0 aliphatic carbocycles. The molecule has 1 atom stereocenters. The number of rotatable bonds is 6. The van der Waals surface area contributed by atoms with Gasteiger partial charge in [0.1, 0.15) is 5.69 Å². The molecule has 1 aliphatic heterocycles. The van der Waals surface area contributed by atoms with Crippen molar-refractivity contribution in [2.24, 2.45) is 7.05 Å². The van der Waals surface area contributed by atoms with Gasteiger partial charge < -0.3 is 15.5 Å². The van der Waals surface area contributed by atoms with Gasteiger partial charge in [0.15, 0.2) is 0 Å². The van der Waals surface area contributed by atoms with Crippen molar-refractivity contribution in [1.29, 1.82) is 0 Å². The molecule has 1 aliphatic rings. The number of nitro groups is 1. The van der Waals surface area contributed by atoms with Gasteiger partial charge in [0.05, 0.1) is 16.8 Å². The Hall–Kier alpha value is -3.10. The van der Waals surface area contributed by atoms with Crippen LogP contribution in [-0.4, -0.2) is 45.8 Å². The van der Waals surface area contributed by atoms with E-state index in [0.717, 1.165) is 31.6 Å². The number of aromatic nitrogens is 2.